The van der Waals surface area contributed by atoms with E-state index in [2.05, 4.69) is 0 Å². The summed E-state index contributed by atoms with van der Waals surface area (Å²) in [5, 5.41) is 18.1. The molecule has 0 aromatic rings. The maximum absolute atomic E-state index is 11.0. The fraction of sp³-hybridized carbons (Fsp3) is 0.800. The molecule has 25 heavy (non-hydrogen) atoms. The molecule has 2 N–H and O–H groups in total. The summed E-state index contributed by atoms with van der Waals surface area (Å²) in [6.45, 7) is 6.94. The first kappa shape index (κ1) is 23.4. The lowest BCUT2D eigenvalue weighted by Gasteiger charge is -2.18. The highest BCUT2D eigenvalue weighted by atomic mass is 16.4. The first-order valence-corrected chi connectivity index (χ1v) is 9.22. The average Bonchev–Trinajstić information content (AvgIpc) is 2.51. The molecule has 0 heterocycles. The van der Waals surface area contributed by atoms with E-state index in [0.717, 1.165) is 56.9 Å². The van der Waals surface area contributed by atoms with Crippen molar-refractivity contribution in [1.29, 1.82) is 0 Å². The van der Waals surface area contributed by atoms with Gasteiger partial charge in [0.05, 0.1) is 10.8 Å². The van der Waals surface area contributed by atoms with E-state index >= 15 is 0 Å². The number of hydrogen-bond donors (Lipinski definition) is 2. The number of aliphatic carboxylic acids is 2. The van der Waals surface area contributed by atoms with Crippen LogP contribution in [0.25, 0.3) is 0 Å². The minimum Gasteiger partial charge on any atom is -0.481 e. The van der Waals surface area contributed by atoms with Crippen LogP contribution in [-0.2, 0) is 14.4 Å². The van der Waals surface area contributed by atoms with Crippen molar-refractivity contribution in [3.8, 4) is 0 Å². The maximum atomic E-state index is 11.0. The van der Waals surface area contributed by atoms with Gasteiger partial charge >= 0.3 is 11.9 Å². The van der Waals surface area contributed by atoms with Crippen LogP contribution in [0.15, 0.2) is 5.57 Å². The second-order valence-corrected chi connectivity index (χ2v) is 8.21. The summed E-state index contributed by atoms with van der Waals surface area (Å²) in [5.74, 6) is 0.489. The van der Waals surface area contributed by atoms with Crippen LogP contribution in [-0.4, -0.2) is 28.1 Å². The third-order valence-corrected chi connectivity index (χ3v) is 4.86. The molecule has 0 saturated heterocycles. The van der Waals surface area contributed by atoms with Crippen molar-refractivity contribution in [3.63, 3.8) is 0 Å². The Morgan fingerprint density at radius 2 is 1.08 bits per heavy atom. The van der Waals surface area contributed by atoms with Gasteiger partial charge < -0.3 is 10.2 Å². The highest BCUT2D eigenvalue weighted by Crippen LogP contribution is 2.26. The van der Waals surface area contributed by atoms with Gasteiger partial charge in [0.1, 0.15) is 5.94 Å². The number of carboxylic acid groups (broad SMARTS) is 2. The van der Waals surface area contributed by atoms with E-state index in [0.29, 0.717) is 12.8 Å². The molecule has 0 amide bonds. The van der Waals surface area contributed by atoms with Crippen LogP contribution in [0.5, 0.6) is 0 Å². The van der Waals surface area contributed by atoms with Crippen molar-refractivity contribution in [1.82, 2.24) is 0 Å². The molecule has 5 heteroatoms. The lowest BCUT2D eigenvalue weighted by molar-refractivity contribution is -0.148. The van der Waals surface area contributed by atoms with Gasteiger partial charge in [0.25, 0.3) is 0 Å². The van der Waals surface area contributed by atoms with Crippen LogP contribution in [0.4, 0.5) is 0 Å². The van der Waals surface area contributed by atoms with Crippen LogP contribution >= 0.6 is 0 Å². The van der Waals surface area contributed by atoms with Gasteiger partial charge in [-0.3, -0.25) is 9.59 Å². The van der Waals surface area contributed by atoms with E-state index in [4.69, 9.17) is 10.2 Å². The van der Waals surface area contributed by atoms with Crippen molar-refractivity contribution in [2.45, 2.75) is 91.9 Å². The van der Waals surface area contributed by atoms with E-state index in [-0.39, 0.29) is 0 Å². The number of rotatable bonds is 14. The SMILES string of the molecule is CC(C)(CCCCCC(=C=O)CCCCCC(C)(C)C(=O)O)C(=O)O. The Kier molecular flexibility index (Phi) is 10.4. The van der Waals surface area contributed by atoms with Crippen molar-refractivity contribution in [2.75, 3.05) is 0 Å². The number of carboxylic acids is 2. The van der Waals surface area contributed by atoms with Crippen molar-refractivity contribution in [2.24, 2.45) is 10.8 Å². The lowest BCUT2D eigenvalue weighted by atomic mass is 9.86. The van der Waals surface area contributed by atoms with Crippen molar-refractivity contribution >= 4 is 17.9 Å². The van der Waals surface area contributed by atoms with E-state index in [1.165, 1.54) is 0 Å². The zero-order valence-electron chi connectivity index (χ0n) is 16.2. The number of carbonyl (C=O) groups is 2. The van der Waals surface area contributed by atoms with Gasteiger partial charge in [0, 0.05) is 5.57 Å². The van der Waals surface area contributed by atoms with Gasteiger partial charge in [-0.2, -0.15) is 0 Å². The molecule has 0 atom stereocenters. The molecule has 0 aromatic heterocycles. The molecule has 0 radical (unpaired) electrons. The van der Waals surface area contributed by atoms with E-state index in [9.17, 15) is 14.4 Å². The number of allylic oxidation sites excluding steroid dienone is 1. The zero-order chi connectivity index (χ0) is 19.5. The van der Waals surface area contributed by atoms with Crippen LogP contribution in [0.1, 0.15) is 91.9 Å². The minimum atomic E-state index is -0.771. The van der Waals surface area contributed by atoms with E-state index < -0.39 is 22.8 Å². The zero-order valence-corrected chi connectivity index (χ0v) is 16.2. The monoisotopic (exact) mass is 354 g/mol. The van der Waals surface area contributed by atoms with Gasteiger partial charge in [-0.05, 0) is 66.2 Å². The normalized spacial score (nSPS) is 11.8. The van der Waals surface area contributed by atoms with Gasteiger partial charge in [-0.25, -0.2) is 4.79 Å². The first-order chi connectivity index (χ1) is 11.5. The molecular weight excluding hydrogens is 320 g/mol. The Balaban J connectivity index is 3.86. The highest BCUT2D eigenvalue weighted by Gasteiger charge is 2.26. The molecule has 5 nitrogen and oxygen atoms in total. The molecular formula is C20H34O5. The predicted molar refractivity (Wildman–Crippen MR) is 98.2 cm³/mol. The summed E-state index contributed by atoms with van der Waals surface area (Å²) in [4.78, 5) is 33.1. The number of unbranched alkanes of at least 4 members (excludes halogenated alkanes) is 4. The Morgan fingerprint density at radius 1 is 0.720 bits per heavy atom. The summed E-state index contributed by atoms with van der Waals surface area (Å²) in [7, 11) is 0. The van der Waals surface area contributed by atoms with Crippen LogP contribution in [0.3, 0.4) is 0 Å². The molecule has 0 aliphatic carbocycles. The second-order valence-electron chi connectivity index (χ2n) is 8.21. The Morgan fingerprint density at radius 3 is 1.36 bits per heavy atom. The molecule has 0 rings (SSSR count). The van der Waals surface area contributed by atoms with Crippen LogP contribution in [0, 0.1) is 10.8 Å². The standard InChI is InChI=1S/C20H34O5/c1-19(2,17(22)23)13-9-5-7-11-16(15-21)12-8-6-10-14-20(3,4)18(24)25/h5-14H2,1-4H3,(H,22,23)(H,24,25). The largest absolute Gasteiger partial charge is 0.481 e. The second kappa shape index (κ2) is 11.1. The quantitative estimate of drug-likeness (QED) is 0.343. The summed E-state index contributed by atoms with van der Waals surface area (Å²) >= 11 is 0. The molecule has 144 valence electrons. The molecule has 0 fully saturated rings. The van der Waals surface area contributed by atoms with Crippen LogP contribution in [0.2, 0.25) is 0 Å². The molecule has 0 aromatic carbocycles. The third-order valence-electron chi connectivity index (χ3n) is 4.86. The predicted octanol–water partition coefficient (Wildman–Crippen LogP) is 4.87. The van der Waals surface area contributed by atoms with Gasteiger partial charge in [0.2, 0.25) is 0 Å². The smallest absolute Gasteiger partial charge is 0.309 e. The Labute approximate surface area is 151 Å². The van der Waals surface area contributed by atoms with Crippen LogP contribution < -0.4 is 0 Å². The number of carbonyl (C=O) groups excluding carboxylic acids is 1. The van der Waals surface area contributed by atoms with Gasteiger partial charge in [-0.15, -0.1) is 0 Å². The average molecular weight is 354 g/mol. The van der Waals surface area contributed by atoms with Gasteiger partial charge in [-0.1, -0.05) is 25.7 Å². The van der Waals surface area contributed by atoms with E-state index in [1.54, 1.807) is 27.7 Å². The first-order valence-electron chi connectivity index (χ1n) is 9.22. The molecule has 0 bridgehead atoms. The summed E-state index contributed by atoms with van der Waals surface area (Å²) in [6.07, 6.45) is 7.99. The van der Waals surface area contributed by atoms with Crippen molar-refractivity contribution < 1.29 is 24.6 Å². The maximum Gasteiger partial charge on any atom is 0.309 e. The van der Waals surface area contributed by atoms with E-state index in [1.807, 2.05) is 5.94 Å². The topological polar surface area (TPSA) is 91.7 Å². The number of hydrogen-bond acceptors (Lipinski definition) is 3. The Hall–Kier alpha value is -1.61. The lowest BCUT2D eigenvalue weighted by Crippen LogP contribution is -2.23. The molecule has 0 aliphatic heterocycles. The minimum absolute atomic E-state index is 0.641. The Bertz CT molecular complexity index is 446. The third kappa shape index (κ3) is 10.1. The molecule has 0 unspecified atom stereocenters. The molecule has 0 aliphatic rings. The van der Waals surface area contributed by atoms with Gasteiger partial charge in [0.15, 0.2) is 0 Å². The fourth-order valence-electron chi connectivity index (χ4n) is 2.61. The molecule has 0 spiro atoms. The summed E-state index contributed by atoms with van der Waals surface area (Å²) < 4.78 is 0. The summed E-state index contributed by atoms with van der Waals surface area (Å²) in [6, 6.07) is 0. The molecule has 0 saturated carbocycles. The fourth-order valence-corrected chi connectivity index (χ4v) is 2.61. The highest BCUT2D eigenvalue weighted by molar-refractivity contribution is 5.73. The summed E-state index contributed by atoms with van der Waals surface area (Å²) in [5.41, 5.74) is -0.588. The van der Waals surface area contributed by atoms with Crippen molar-refractivity contribution in [3.05, 3.63) is 5.57 Å².